The fourth-order valence-electron chi connectivity index (χ4n) is 1.83. The number of likely N-dealkylation sites (N-methyl/N-ethyl adjacent to an activating group) is 1. The summed E-state index contributed by atoms with van der Waals surface area (Å²) in [5, 5.41) is 2.52. The Morgan fingerprint density at radius 3 is 2.89 bits per heavy atom. The van der Waals surface area contributed by atoms with E-state index in [1.807, 2.05) is 0 Å². The van der Waals surface area contributed by atoms with Crippen molar-refractivity contribution in [2.45, 2.75) is 12.4 Å². The second-order valence-corrected chi connectivity index (χ2v) is 4.16. The van der Waals surface area contributed by atoms with Gasteiger partial charge >= 0.3 is 0 Å². The van der Waals surface area contributed by atoms with E-state index in [0.29, 0.717) is 16.9 Å². The fraction of sp³-hybridized carbons (Fsp3) is 0.333. The minimum Gasteiger partial charge on any atom is -0.494 e. The lowest BCUT2D eigenvalue weighted by Gasteiger charge is -2.07. The summed E-state index contributed by atoms with van der Waals surface area (Å²) in [6, 6.07) is 2.78. The number of benzene rings is 1. The summed E-state index contributed by atoms with van der Waals surface area (Å²) in [6.07, 6.45) is 0. The van der Waals surface area contributed by atoms with Gasteiger partial charge < -0.3 is 14.6 Å². The number of rotatable bonds is 4. The van der Waals surface area contributed by atoms with Crippen molar-refractivity contribution in [3.63, 3.8) is 0 Å². The number of aromatic nitrogens is 2. The van der Waals surface area contributed by atoms with Crippen LogP contribution in [0.15, 0.2) is 12.1 Å². The monoisotopic (exact) mass is 285 g/mol. The molecule has 1 aromatic carbocycles. The molecule has 5 nitrogen and oxygen atoms in total. The Morgan fingerprint density at radius 1 is 1.58 bits per heavy atom. The lowest BCUT2D eigenvalue weighted by atomic mass is 10.3. The predicted octanol–water partition coefficient (Wildman–Crippen LogP) is 1.67. The van der Waals surface area contributed by atoms with E-state index >= 15 is 0 Å². The zero-order valence-electron chi connectivity index (χ0n) is 10.5. The van der Waals surface area contributed by atoms with Gasteiger partial charge in [0.2, 0.25) is 5.91 Å². The van der Waals surface area contributed by atoms with Gasteiger partial charge in [0.1, 0.15) is 12.4 Å². The first kappa shape index (κ1) is 13.6. The van der Waals surface area contributed by atoms with Crippen LogP contribution in [0, 0.1) is 5.82 Å². The van der Waals surface area contributed by atoms with Gasteiger partial charge in [-0.15, -0.1) is 11.6 Å². The molecule has 0 spiro atoms. The number of carbonyl (C=O) groups is 1. The molecule has 0 unspecified atom stereocenters. The van der Waals surface area contributed by atoms with Crippen LogP contribution >= 0.6 is 11.6 Å². The van der Waals surface area contributed by atoms with Crippen molar-refractivity contribution < 1.29 is 13.9 Å². The summed E-state index contributed by atoms with van der Waals surface area (Å²) in [5.41, 5.74) is 1.05. The van der Waals surface area contributed by atoms with Crippen molar-refractivity contribution in [2.75, 3.05) is 14.2 Å². The molecule has 1 heterocycles. The van der Waals surface area contributed by atoms with Crippen LogP contribution in [0.5, 0.6) is 5.75 Å². The van der Waals surface area contributed by atoms with Gasteiger partial charge in [0.25, 0.3) is 0 Å². The number of imidazole rings is 1. The minimum atomic E-state index is -0.499. The second kappa shape index (κ2) is 5.44. The van der Waals surface area contributed by atoms with Gasteiger partial charge in [0.05, 0.1) is 24.0 Å². The van der Waals surface area contributed by atoms with Gasteiger partial charge in [0, 0.05) is 19.2 Å². The number of ether oxygens (including phenoxy) is 1. The highest BCUT2D eigenvalue weighted by Crippen LogP contribution is 2.26. The molecule has 0 atom stereocenters. The van der Waals surface area contributed by atoms with Gasteiger partial charge in [-0.25, -0.2) is 9.37 Å². The van der Waals surface area contributed by atoms with Gasteiger partial charge in [-0.3, -0.25) is 4.79 Å². The maximum Gasteiger partial charge on any atom is 0.239 e. The molecule has 0 saturated heterocycles. The van der Waals surface area contributed by atoms with E-state index in [0.717, 1.165) is 0 Å². The van der Waals surface area contributed by atoms with Crippen molar-refractivity contribution in [1.82, 2.24) is 14.9 Å². The summed E-state index contributed by atoms with van der Waals surface area (Å²) in [7, 11) is 2.92. The van der Waals surface area contributed by atoms with E-state index in [4.69, 9.17) is 16.3 Å². The molecule has 0 aliphatic heterocycles. The number of nitrogens with zero attached hydrogens (tertiary/aromatic N) is 2. The van der Waals surface area contributed by atoms with Crippen LogP contribution in [-0.4, -0.2) is 29.6 Å². The molecule has 2 aromatic rings. The first-order valence-corrected chi connectivity index (χ1v) is 6.13. The smallest absolute Gasteiger partial charge is 0.239 e. The van der Waals surface area contributed by atoms with E-state index in [2.05, 4.69) is 10.3 Å². The number of hydrogen-bond donors (Lipinski definition) is 1. The molecule has 0 aliphatic carbocycles. The molecular weight excluding hydrogens is 273 g/mol. The van der Waals surface area contributed by atoms with Crippen LogP contribution in [-0.2, 0) is 17.2 Å². The van der Waals surface area contributed by atoms with E-state index in [9.17, 15) is 9.18 Å². The first-order chi connectivity index (χ1) is 9.10. The summed E-state index contributed by atoms with van der Waals surface area (Å²) < 4.78 is 20.2. The number of hydrogen-bond acceptors (Lipinski definition) is 3. The molecule has 102 valence electrons. The van der Waals surface area contributed by atoms with Gasteiger partial charge in [-0.05, 0) is 0 Å². The number of methoxy groups -OCH3 is 1. The Labute approximate surface area is 114 Å². The molecule has 0 saturated carbocycles. The van der Waals surface area contributed by atoms with Crippen LogP contribution < -0.4 is 10.1 Å². The summed E-state index contributed by atoms with van der Waals surface area (Å²) in [5.74, 6) is 0.0598. The highest BCUT2D eigenvalue weighted by molar-refractivity contribution is 6.16. The predicted molar refractivity (Wildman–Crippen MR) is 69.9 cm³/mol. The van der Waals surface area contributed by atoms with E-state index in [1.165, 1.54) is 19.2 Å². The highest BCUT2D eigenvalue weighted by Gasteiger charge is 2.15. The first-order valence-electron chi connectivity index (χ1n) is 5.60. The van der Waals surface area contributed by atoms with Crippen molar-refractivity contribution in [2.24, 2.45) is 0 Å². The molecule has 2 rings (SSSR count). The fourth-order valence-corrected chi connectivity index (χ4v) is 2.04. The average Bonchev–Trinajstić information content (AvgIpc) is 2.74. The van der Waals surface area contributed by atoms with E-state index in [-0.39, 0.29) is 24.1 Å². The Morgan fingerprint density at radius 2 is 2.32 bits per heavy atom. The van der Waals surface area contributed by atoms with Gasteiger partial charge in [-0.1, -0.05) is 0 Å². The van der Waals surface area contributed by atoms with Crippen LogP contribution in [0.25, 0.3) is 11.0 Å². The zero-order chi connectivity index (χ0) is 14.0. The van der Waals surface area contributed by atoms with Crippen LogP contribution in [0.2, 0.25) is 0 Å². The van der Waals surface area contributed by atoms with Crippen LogP contribution in [0.1, 0.15) is 5.82 Å². The number of halogens is 2. The van der Waals surface area contributed by atoms with Crippen molar-refractivity contribution in [3.05, 3.63) is 23.8 Å². The molecule has 1 N–H and O–H groups in total. The Balaban J connectivity index is 2.61. The lowest BCUT2D eigenvalue weighted by Crippen LogP contribution is -2.24. The van der Waals surface area contributed by atoms with Crippen molar-refractivity contribution in [1.29, 1.82) is 0 Å². The van der Waals surface area contributed by atoms with E-state index < -0.39 is 5.82 Å². The molecule has 19 heavy (non-hydrogen) atoms. The molecule has 1 amide bonds. The largest absolute Gasteiger partial charge is 0.494 e. The molecule has 7 heteroatoms. The maximum atomic E-state index is 13.6. The Kier molecular flexibility index (Phi) is 3.90. The van der Waals surface area contributed by atoms with Crippen LogP contribution in [0.3, 0.4) is 0 Å². The minimum absolute atomic E-state index is 0.0733. The third kappa shape index (κ3) is 2.49. The summed E-state index contributed by atoms with van der Waals surface area (Å²) in [6.45, 7) is 0.0733. The molecular formula is C12H13ClFN3O2. The molecule has 0 radical (unpaired) electrons. The Bertz CT molecular complexity index is 627. The maximum absolute atomic E-state index is 13.6. The van der Waals surface area contributed by atoms with Crippen molar-refractivity contribution in [3.8, 4) is 5.75 Å². The standard InChI is InChI=1S/C12H13ClFN3O2/c1-15-12(18)6-17-9-4-10(19-2)7(14)3-8(9)16-11(17)5-13/h3-4H,5-6H2,1-2H3,(H,15,18). The highest BCUT2D eigenvalue weighted by atomic mass is 35.5. The number of fused-ring (bicyclic) bond motifs is 1. The second-order valence-electron chi connectivity index (χ2n) is 3.90. The third-order valence-corrected chi connectivity index (χ3v) is 3.04. The lowest BCUT2D eigenvalue weighted by molar-refractivity contribution is -0.121. The molecule has 1 aromatic heterocycles. The average molecular weight is 286 g/mol. The van der Waals surface area contributed by atoms with Gasteiger partial charge in [-0.2, -0.15) is 0 Å². The zero-order valence-corrected chi connectivity index (χ0v) is 11.3. The molecule has 0 bridgehead atoms. The summed E-state index contributed by atoms with van der Waals surface area (Å²) in [4.78, 5) is 15.7. The van der Waals surface area contributed by atoms with Crippen LogP contribution in [0.4, 0.5) is 4.39 Å². The van der Waals surface area contributed by atoms with Gasteiger partial charge in [0.15, 0.2) is 11.6 Å². The van der Waals surface area contributed by atoms with Crippen molar-refractivity contribution >= 4 is 28.5 Å². The SMILES string of the molecule is CNC(=O)Cn1c(CCl)nc2cc(F)c(OC)cc21. The topological polar surface area (TPSA) is 56.2 Å². The number of carbonyl (C=O) groups excluding carboxylic acids is 1. The normalized spacial score (nSPS) is 10.7. The third-order valence-electron chi connectivity index (χ3n) is 2.80. The number of nitrogens with one attached hydrogen (secondary N) is 1. The number of amides is 1. The Hall–Kier alpha value is -1.82. The molecule has 0 aliphatic rings. The number of alkyl halides is 1. The summed E-state index contributed by atoms with van der Waals surface area (Å²) >= 11 is 5.80. The van der Waals surface area contributed by atoms with E-state index in [1.54, 1.807) is 11.6 Å². The molecule has 0 fully saturated rings. The quantitative estimate of drug-likeness (QED) is 0.870.